The standard InChI is InChI=1S/C6H6F3N2/c1-5-2-3-10-11(5)4-6(7,8)9/h3H,4H2,1H3. The van der Waals surface area contributed by atoms with Gasteiger partial charge in [-0.1, -0.05) is 0 Å². The van der Waals surface area contributed by atoms with Crippen LogP contribution in [0.3, 0.4) is 0 Å². The van der Waals surface area contributed by atoms with Gasteiger partial charge in [-0.25, -0.2) is 0 Å². The van der Waals surface area contributed by atoms with Gasteiger partial charge in [0.15, 0.2) is 0 Å². The molecule has 0 atom stereocenters. The summed E-state index contributed by atoms with van der Waals surface area (Å²) >= 11 is 0. The molecule has 1 rings (SSSR count). The van der Waals surface area contributed by atoms with Crippen molar-refractivity contribution in [1.29, 1.82) is 0 Å². The van der Waals surface area contributed by atoms with E-state index >= 15 is 0 Å². The molecule has 0 spiro atoms. The third-order valence-electron chi connectivity index (χ3n) is 1.19. The van der Waals surface area contributed by atoms with E-state index < -0.39 is 12.7 Å². The molecule has 0 aromatic carbocycles. The van der Waals surface area contributed by atoms with Crippen LogP contribution in [0.2, 0.25) is 0 Å². The van der Waals surface area contributed by atoms with E-state index in [0.717, 1.165) is 4.68 Å². The van der Waals surface area contributed by atoms with E-state index in [0.29, 0.717) is 5.69 Å². The molecule has 0 unspecified atom stereocenters. The van der Waals surface area contributed by atoms with Crippen molar-refractivity contribution >= 4 is 0 Å². The normalized spacial score (nSPS) is 12.0. The van der Waals surface area contributed by atoms with Crippen molar-refractivity contribution in [3.63, 3.8) is 0 Å². The van der Waals surface area contributed by atoms with Crippen LogP contribution in [-0.4, -0.2) is 16.0 Å². The topological polar surface area (TPSA) is 17.8 Å². The van der Waals surface area contributed by atoms with Crippen molar-refractivity contribution in [3.05, 3.63) is 18.0 Å². The average Bonchev–Trinajstić information content (AvgIpc) is 2.12. The summed E-state index contributed by atoms with van der Waals surface area (Å²) in [6, 6.07) is 2.54. The lowest BCUT2D eigenvalue weighted by molar-refractivity contribution is -0.142. The van der Waals surface area contributed by atoms with Gasteiger partial charge in [-0.15, -0.1) is 0 Å². The van der Waals surface area contributed by atoms with Crippen LogP contribution in [0.4, 0.5) is 13.2 Å². The van der Waals surface area contributed by atoms with E-state index in [1.54, 1.807) is 0 Å². The van der Waals surface area contributed by atoms with Crippen molar-refractivity contribution in [3.8, 4) is 0 Å². The van der Waals surface area contributed by atoms with Crippen molar-refractivity contribution in [2.75, 3.05) is 0 Å². The van der Waals surface area contributed by atoms with E-state index in [1.165, 1.54) is 13.1 Å². The highest BCUT2D eigenvalue weighted by Crippen LogP contribution is 2.17. The fourth-order valence-electron chi connectivity index (χ4n) is 0.682. The van der Waals surface area contributed by atoms with E-state index in [4.69, 9.17) is 0 Å². The Hall–Kier alpha value is -1.00. The fraction of sp³-hybridized carbons (Fsp3) is 0.500. The van der Waals surface area contributed by atoms with Crippen LogP contribution in [-0.2, 0) is 6.54 Å². The van der Waals surface area contributed by atoms with Crippen LogP contribution in [0.1, 0.15) is 5.69 Å². The number of aryl methyl sites for hydroxylation is 1. The fourth-order valence-corrected chi connectivity index (χ4v) is 0.682. The molecule has 1 aromatic rings. The number of hydrogen-bond donors (Lipinski definition) is 0. The van der Waals surface area contributed by atoms with Gasteiger partial charge in [0.2, 0.25) is 0 Å². The van der Waals surface area contributed by atoms with Gasteiger partial charge < -0.3 is 0 Å². The van der Waals surface area contributed by atoms with Crippen LogP contribution in [0.25, 0.3) is 0 Å². The highest BCUT2D eigenvalue weighted by molar-refractivity contribution is 4.94. The third-order valence-corrected chi connectivity index (χ3v) is 1.19. The first kappa shape index (κ1) is 8.10. The molecule has 0 amide bonds. The zero-order valence-electron chi connectivity index (χ0n) is 5.81. The number of nitrogens with zero attached hydrogens (tertiary/aromatic N) is 2. The first-order chi connectivity index (χ1) is 4.99. The number of rotatable bonds is 1. The monoisotopic (exact) mass is 163 g/mol. The Morgan fingerprint density at radius 2 is 2.27 bits per heavy atom. The number of alkyl halides is 3. The minimum absolute atomic E-state index is 0.391. The average molecular weight is 163 g/mol. The highest BCUT2D eigenvalue weighted by atomic mass is 19.4. The zero-order valence-corrected chi connectivity index (χ0v) is 5.81. The van der Waals surface area contributed by atoms with Crippen LogP contribution >= 0.6 is 0 Å². The second-order valence-electron chi connectivity index (χ2n) is 2.15. The van der Waals surface area contributed by atoms with Gasteiger partial charge in [0, 0.05) is 11.8 Å². The lowest BCUT2D eigenvalue weighted by Gasteiger charge is -2.06. The predicted molar refractivity (Wildman–Crippen MR) is 31.9 cm³/mol. The lowest BCUT2D eigenvalue weighted by Crippen LogP contribution is -2.19. The van der Waals surface area contributed by atoms with Crippen molar-refractivity contribution < 1.29 is 13.2 Å². The Kier molecular flexibility index (Phi) is 1.89. The van der Waals surface area contributed by atoms with Gasteiger partial charge in [0.25, 0.3) is 0 Å². The van der Waals surface area contributed by atoms with Gasteiger partial charge in [0.1, 0.15) is 6.54 Å². The molecular weight excluding hydrogens is 157 g/mol. The molecule has 5 heteroatoms. The second kappa shape index (κ2) is 2.56. The molecule has 0 aliphatic rings. The lowest BCUT2D eigenvalue weighted by atomic mass is 10.5. The Morgan fingerprint density at radius 3 is 2.64 bits per heavy atom. The quantitative estimate of drug-likeness (QED) is 0.614. The molecule has 0 saturated heterocycles. The Balaban J connectivity index is 2.72. The zero-order chi connectivity index (χ0) is 8.48. The van der Waals surface area contributed by atoms with Gasteiger partial charge in [0.05, 0.1) is 6.20 Å². The predicted octanol–water partition coefficient (Wildman–Crippen LogP) is 1.55. The van der Waals surface area contributed by atoms with E-state index in [2.05, 4.69) is 11.2 Å². The summed E-state index contributed by atoms with van der Waals surface area (Å²) in [5, 5.41) is 3.44. The summed E-state index contributed by atoms with van der Waals surface area (Å²) < 4.78 is 36.0. The molecule has 0 aliphatic carbocycles. The molecule has 0 aliphatic heterocycles. The van der Waals surface area contributed by atoms with Crippen LogP contribution in [0, 0.1) is 13.0 Å². The minimum Gasteiger partial charge on any atom is -0.260 e. The molecule has 1 radical (unpaired) electrons. The summed E-state index contributed by atoms with van der Waals surface area (Å²) in [7, 11) is 0. The Morgan fingerprint density at radius 1 is 1.64 bits per heavy atom. The maximum atomic E-state index is 11.7. The minimum atomic E-state index is -4.20. The summed E-state index contributed by atoms with van der Waals surface area (Å²) in [6.45, 7) is 0.487. The van der Waals surface area contributed by atoms with Crippen molar-refractivity contribution in [1.82, 2.24) is 9.78 Å². The number of aromatic nitrogens is 2. The van der Waals surface area contributed by atoms with E-state index in [1.807, 2.05) is 0 Å². The van der Waals surface area contributed by atoms with Gasteiger partial charge in [-0.3, -0.25) is 4.68 Å². The molecule has 0 saturated carbocycles. The van der Waals surface area contributed by atoms with Gasteiger partial charge in [-0.05, 0) is 6.92 Å². The highest BCUT2D eigenvalue weighted by Gasteiger charge is 2.28. The van der Waals surface area contributed by atoms with Crippen LogP contribution < -0.4 is 0 Å². The molecule has 0 fully saturated rings. The van der Waals surface area contributed by atoms with E-state index in [9.17, 15) is 13.2 Å². The van der Waals surface area contributed by atoms with Crippen LogP contribution in [0.5, 0.6) is 0 Å². The molecule has 61 valence electrons. The van der Waals surface area contributed by atoms with Gasteiger partial charge in [-0.2, -0.15) is 18.3 Å². The molecule has 1 aromatic heterocycles. The SMILES string of the molecule is Cc1[c]cnn1CC(F)(F)F. The van der Waals surface area contributed by atoms with E-state index in [-0.39, 0.29) is 0 Å². The summed E-state index contributed by atoms with van der Waals surface area (Å²) in [5.74, 6) is 0. The molecule has 2 nitrogen and oxygen atoms in total. The third kappa shape index (κ3) is 2.25. The molecule has 0 bridgehead atoms. The van der Waals surface area contributed by atoms with Crippen LogP contribution in [0.15, 0.2) is 6.20 Å². The Bertz CT molecular complexity index is 238. The maximum Gasteiger partial charge on any atom is 0.408 e. The second-order valence-corrected chi connectivity index (χ2v) is 2.15. The summed E-state index contributed by atoms with van der Waals surface area (Å²) in [6.07, 6.45) is -2.98. The first-order valence-corrected chi connectivity index (χ1v) is 2.96. The smallest absolute Gasteiger partial charge is 0.260 e. The number of hydrogen-bond acceptors (Lipinski definition) is 1. The van der Waals surface area contributed by atoms with Crippen molar-refractivity contribution in [2.24, 2.45) is 0 Å². The van der Waals surface area contributed by atoms with Gasteiger partial charge >= 0.3 is 6.18 Å². The largest absolute Gasteiger partial charge is 0.408 e. The molecule has 11 heavy (non-hydrogen) atoms. The Labute approximate surface area is 61.6 Å². The molecular formula is C6H6F3N2. The maximum absolute atomic E-state index is 11.7. The summed E-state index contributed by atoms with van der Waals surface area (Å²) in [4.78, 5) is 0. The first-order valence-electron chi connectivity index (χ1n) is 2.96. The molecule has 1 heterocycles. The van der Waals surface area contributed by atoms with Crippen molar-refractivity contribution in [2.45, 2.75) is 19.6 Å². The molecule has 0 N–H and O–H groups in total. The number of halogens is 3. The summed E-state index contributed by atoms with van der Waals surface area (Å²) in [5.41, 5.74) is 0.391.